The Morgan fingerprint density at radius 3 is 2.52 bits per heavy atom. The lowest BCUT2D eigenvalue weighted by Gasteiger charge is -2.09. The molecule has 1 aromatic carbocycles. The SMILES string of the molecule is CC(C)Nc1ccc(-c2ccc(C(=O)NCCc3csc(N)n3)cc2)nn1. The summed E-state index contributed by atoms with van der Waals surface area (Å²) < 4.78 is 0. The number of anilines is 2. The number of rotatable bonds is 7. The van der Waals surface area contributed by atoms with Crippen LogP contribution in [-0.4, -0.2) is 33.7 Å². The van der Waals surface area contributed by atoms with E-state index in [0.717, 1.165) is 22.8 Å². The number of carbonyl (C=O) groups excluding carboxylic acids is 1. The highest BCUT2D eigenvalue weighted by atomic mass is 32.1. The van der Waals surface area contributed by atoms with Gasteiger partial charge in [0, 0.05) is 35.5 Å². The van der Waals surface area contributed by atoms with Gasteiger partial charge in [0.2, 0.25) is 0 Å². The molecule has 3 aromatic rings. The first kappa shape index (κ1) is 18.8. The van der Waals surface area contributed by atoms with Crippen molar-refractivity contribution in [3.8, 4) is 11.3 Å². The zero-order chi connectivity index (χ0) is 19.2. The zero-order valence-electron chi connectivity index (χ0n) is 15.3. The van der Waals surface area contributed by atoms with E-state index in [1.165, 1.54) is 11.3 Å². The summed E-state index contributed by atoms with van der Waals surface area (Å²) >= 11 is 1.40. The van der Waals surface area contributed by atoms with Crippen molar-refractivity contribution in [2.75, 3.05) is 17.6 Å². The van der Waals surface area contributed by atoms with Crippen LogP contribution >= 0.6 is 11.3 Å². The van der Waals surface area contributed by atoms with Crippen LogP contribution in [0.1, 0.15) is 29.9 Å². The molecule has 0 fully saturated rings. The lowest BCUT2D eigenvalue weighted by molar-refractivity contribution is 0.0954. The van der Waals surface area contributed by atoms with Gasteiger partial charge in [-0.1, -0.05) is 12.1 Å². The number of nitrogens with zero attached hydrogens (tertiary/aromatic N) is 3. The van der Waals surface area contributed by atoms with Gasteiger partial charge in [0.1, 0.15) is 5.82 Å². The Kier molecular flexibility index (Phi) is 5.97. The Morgan fingerprint density at radius 1 is 1.15 bits per heavy atom. The van der Waals surface area contributed by atoms with E-state index in [2.05, 4.69) is 25.8 Å². The van der Waals surface area contributed by atoms with Gasteiger partial charge in [-0.25, -0.2) is 4.98 Å². The summed E-state index contributed by atoms with van der Waals surface area (Å²) in [6.07, 6.45) is 0.657. The van der Waals surface area contributed by atoms with Crippen molar-refractivity contribution in [1.82, 2.24) is 20.5 Å². The molecule has 0 bridgehead atoms. The van der Waals surface area contributed by atoms with Crippen LogP contribution < -0.4 is 16.4 Å². The van der Waals surface area contributed by atoms with Gasteiger partial charge in [0.05, 0.1) is 11.4 Å². The summed E-state index contributed by atoms with van der Waals surface area (Å²) in [6, 6.07) is 11.4. The Balaban J connectivity index is 1.56. The predicted molar refractivity (Wildman–Crippen MR) is 109 cm³/mol. The molecule has 0 aliphatic carbocycles. The zero-order valence-corrected chi connectivity index (χ0v) is 16.1. The standard InChI is InChI=1S/C19H22N6OS/c1-12(2)22-17-8-7-16(24-25-17)13-3-5-14(6-4-13)18(26)21-10-9-15-11-27-19(20)23-15/h3-8,11-12H,9-10H2,1-2H3,(H2,20,23)(H,21,26)(H,22,25). The summed E-state index contributed by atoms with van der Waals surface area (Å²) in [4.78, 5) is 16.4. The van der Waals surface area contributed by atoms with Crippen LogP contribution in [0.4, 0.5) is 10.9 Å². The maximum atomic E-state index is 12.2. The molecule has 0 spiro atoms. The lowest BCUT2D eigenvalue weighted by atomic mass is 10.1. The number of hydrogen-bond donors (Lipinski definition) is 3. The van der Waals surface area contributed by atoms with Gasteiger partial charge in [0.25, 0.3) is 5.91 Å². The van der Waals surface area contributed by atoms with Crippen LogP contribution in [0, 0.1) is 0 Å². The summed E-state index contributed by atoms with van der Waals surface area (Å²) in [5, 5.41) is 16.9. The molecular weight excluding hydrogens is 360 g/mol. The van der Waals surface area contributed by atoms with Crippen molar-refractivity contribution in [2.45, 2.75) is 26.3 Å². The van der Waals surface area contributed by atoms with Crippen LogP contribution in [0.2, 0.25) is 0 Å². The number of hydrogen-bond acceptors (Lipinski definition) is 7. The molecule has 2 aromatic heterocycles. The summed E-state index contributed by atoms with van der Waals surface area (Å²) in [7, 11) is 0. The molecular formula is C19H22N6OS. The third kappa shape index (κ3) is 5.24. The molecule has 0 aliphatic rings. The number of nitrogens with one attached hydrogen (secondary N) is 2. The van der Waals surface area contributed by atoms with Gasteiger partial charge >= 0.3 is 0 Å². The maximum Gasteiger partial charge on any atom is 0.251 e. The van der Waals surface area contributed by atoms with Gasteiger partial charge in [-0.15, -0.1) is 21.5 Å². The van der Waals surface area contributed by atoms with Gasteiger partial charge in [-0.05, 0) is 38.1 Å². The third-order valence-electron chi connectivity index (χ3n) is 3.78. The quantitative estimate of drug-likeness (QED) is 0.580. The fourth-order valence-corrected chi connectivity index (χ4v) is 3.09. The first-order chi connectivity index (χ1) is 13.0. The molecule has 2 heterocycles. The van der Waals surface area contributed by atoms with E-state index >= 15 is 0 Å². The Hall–Kier alpha value is -3.00. The fourth-order valence-electron chi connectivity index (χ4n) is 2.49. The summed E-state index contributed by atoms with van der Waals surface area (Å²) in [5.74, 6) is 0.624. The number of benzene rings is 1. The molecule has 7 nitrogen and oxygen atoms in total. The van der Waals surface area contributed by atoms with Crippen molar-refractivity contribution >= 4 is 28.2 Å². The predicted octanol–water partition coefficient (Wildman–Crippen LogP) is 2.98. The highest BCUT2D eigenvalue weighted by molar-refractivity contribution is 7.13. The normalized spacial score (nSPS) is 10.8. The maximum absolute atomic E-state index is 12.2. The number of aromatic nitrogens is 3. The van der Waals surface area contributed by atoms with E-state index in [1.54, 1.807) is 12.1 Å². The van der Waals surface area contributed by atoms with Crippen LogP contribution in [0.15, 0.2) is 41.8 Å². The molecule has 8 heteroatoms. The molecule has 4 N–H and O–H groups in total. The largest absolute Gasteiger partial charge is 0.375 e. The monoisotopic (exact) mass is 382 g/mol. The van der Waals surface area contributed by atoms with E-state index < -0.39 is 0 Å². The second kappa shape index (κ2) is 8.59. The molecule has 1 amide bonds. The van der Waals surface area contributed by atoms with E-state index in [4.69, 9.17) is 5.73 Å². The minimum Gasteiger partial charge on any atom is -0.375 e. The average Bonchev–Trinajstić information content (AvgIpc) is 3.07. The highest BCUT2D eigenvalue weighted by Gasteiger charge is 2.08. The van der Waals surface area contributed by atoms with E-state index in [9.17, 15) is 4.79 Å². The van der Waals surface area contributed by atoms with E-state index in [0.29, 0.717) is 29.7 Å². The van der Waals surface area contributed by atoms with Crippen LogP contribution in [0.3, 0.4) is 0 Å². The molecule has 0 radical (unpaired) electrons. The number of carbonyl (C=O) groups is 1. The van der Waals surface area contributed by atoms with Crippen molar-refractivity contribution in [3.05, 3.63) is 53.0 Å². The second-order valence-electron chi connectivity index (χ2n) is 6.36. The van der Waals surface area contributed by atoms with Crippen LogP contribution in [-0.2, 0) is 6.42 Å². The minimum atomic E-state index is -0.118. The smallest absolute Gasteiger partial charge is 0.251 e. The van der Waals surface area contributed by atoms with Crippen LogP contribution in [0.5, 0.6) is 0 Å². The van der Waals surface area contributed by atoms with Crippen molar-refractivity contribution in [3.63, 3.8) is 0 Å². The van der Waals surface area contributed by atoms with Gasteiger partial charge < -0.3 is 16.4 Å². The number of nitrogens with two attached hydrogens (primary N) is 1. The van der Waals surface area contributed by atoms with Crippen LogP contribution in [0.25, 0.3) is 11.3 Å². The van der Waals surface area contributed by atoms with Gasteiger partial charge in [0.15, 0.2) is 5.13 Å². The summed E-state index contributed by atoms with van der Waals surface area (Å²) in [6.45, 7) is 4.61. The molecule has 140 valence electrons. The molecule has 0 unspecified atom stereocenters. The topological polar surface area (TPSA) is 106 Å². The molecule has 3 rings (SSSR count). The second-order valence-corrected chi connectivity index (χ2v) is 7.25. The molecule has 0 atom stereocenters. The number of thiazole rings is 1. The third-order valence-corrected chi connectivity index (χ3v) is 4.50. The minimum absolute atomic E-state index is 0.118. The lowest BCUT2D eigenvalue weighted by Crippen LogP contribution is -2.25. The highest BCUT2D eigenvalue weighted by Crippen LogP contribution is 2.18. The number of nitrogen functional groups attached to an aromatic ring is 1. The molecule has 0 saturated heterocycles. The van der Waals surface area contributed by atoms with Gasteiger partial charge in [-0.3, -0.25) is 4.79 Å². The van der Waals surface area contributed by atoms with E-state index in [-0.39, 0.29) is 5.91 Å². The Bertz CT molecular complexity index is 889. The molecule has 0 aliphatic heterocycles. The Morgan fingerprint density at radius 2 is 1.93 bits per heavy atom. The first-order valence-electron chi connectivity index (χ1n) is 8.70. The van der Waals surface area contributed by atoms with Crippen molar-refractivity contribution in [1.29, 1.82) is 0 Å². The molecule has 0 saturated carbocycles. The van der Waals surface area contributed by atoms with E-state index in [1.807, 2.05) is 43.5 Å². The Labute approximate surface area is 162 Å². The fraction of sp³-hybridized carbons (Fsp3) is 0.263. The summed E-state index contributed by atoms with van der Waals surface area (Å²) in [5.41, 5.74) is 8.76. The molecule has 27 heavy (non-hydrogen) atoms. The van der Waals surface area contributed by atoms with Crippen molar-refractivity contribution in [2.24, 2.45) is 0 Å². The number of amides is 1. The first-order valence-corrected chi connectivity index (χ1v) is 9.58. The van der Waals surface area contributed by atoms with Crippen molar-refractivity contribution < 1.29 is 4.79 Å². The average molecular weight is 382 g/mol. The van der Waals surface area contributed by atoms with Gasteiger partial charge in [-0.2, -0.15) is 0 Å².